The van der Waals surface area contributed by atoms with Crippen LogP contribution in [0.1, 0.15) is 24.8 Å². The van der Waals surface area contributed by atoms with Crippen LogP contribution >= 0.6 is 0 Å². The van der Waals surface area contributed by atoms with Crippen LogP contribution in [0.4, 0.5) is 4.79 Å². The number of piperidine rings is 1. The molecule has 0 saturated carbocycles. The van der Waals surface area contributed by atoms with Crippen molar-refractivity contribution in [1.82, 2.24) is 15.1 Å². The van der Waals surface area contributed by atoms with Gasteiger partial charge in [-0.1, -0.05) is 12.1 Å². The third-order valence-corrected chi connectivity index (χ3v) is 5.44. The van der Waals surface area contributed by atoms with Crippen LogP contribution < -0.4 is 10.1 Å². The third kappa shape index (κ3) is 3.72. The molecule has 0 aromatic heterocycles. The summed E-state index contributed by atoms with van der Waals surface area (Å²) in [7, 11) is 3.51. The Morgan fingerprint density at radius 3 is 2.72 bits per heavy atom. The minimum Gasteiger partial charge on any atom is -0.497 e. The van der Waals surface area contributed by atoms with E-state index < -0.39 is 0 Å². The third-order valence-electron chi connectivity index (χ3n) is 5.44. The van der Waals surface area contributed by atoms with E-state index in [4.69, 9.17) is 4.74 Å². The van der Waals surface area contributed by atoms with Crippen molar-refractivity contribution in [3.8, 4) is 5.75 Å². The Bertz CT molecular complexity index is 631. The van der Waals surface area contributed by atoms with Gasteiger partial charge in [0, 0.05) is 33.2 Å². The number of carbonyl (C=O) groups is 2. The van der Waals surface area contributed by atoms with E-state index in [9.17, 15) is 9.59 Å². The van der Waals surface area contributed by atoms with Gasteiger partial charge < -0.3 is 19.9 Å². The molecule has 3 amide bonds. The van der Waals surface area contributed by atoms with E-state index in [1.165, 1.54) is 0 Å². The number of benzene rings is 1. The molecule has 0 aliphatic carbocycles. The second-order valence-corrected chi connectivity index (χ2v) is 7.11. The van der Waals surface area contributed by atoms with Gasteiger partial charge in [-0.05, 0) is 43.4 Å². The SMILES string of the molecule is COc1ccc(CCNC(=O)N2CCC3(CCCN(C)C3=O)C2)cc1. The molecule has 2 fully saturated rings. The zero-order chi connectivity index (χ0) is 17.9. The predicted octanol–water partition coefficient (Wildman–Crippen LogP) is 1.89. The first-order valence-corrected chi connectivity index (χ1v) is 8.95. The number of amides is 3. The lowest BCUT2D eigenvalue weighted by Gasteiger charge is -2.37. The quantitative estimate of drug-likeness (QED) is 0.906. The van der Waals surface area contributed by atoms with Gasteiger partial charge in [-0.2, -0.15) is 0 Å². The van der Waals surface area contributed by atoms with Crippen molar-refractivity contribution < 1.29 is 14.3 Å². The highest BCUT2D eigenvalue weighted by atomic mass is 16.5. The molecular formula is C19H27N3O3. The van der Waals surface area contributed by atoms with E-state index in [1.807, 2.05) is 36.2 Å². The molecule has 0 radical (unpaired) electrons. The molecule has 1 spiro atoms. The van der Waals surface area contributed by atoms with E-state index in [1.54, 1.807) is 12.0 Å². The van der Waals surface area contributed by atoms with Crippen molar-refractivity contribution in [3.05, 3.63) is 29.8 Å². The summed E-state index contributed by atoms with van der Waals surface area (Å²) in [6, 6.07) is 7.80. The molecule has 0 bridgehead atoms. The smallest absolute Gasteiger partial charge is 0.317 e. The van der Waals surface area contributed by atoms with Crippen molar-refractivity contribution in [1.29, 1.82) is 0 Å². The first-order chi connectivity index (χ1) is 12.0. The number of hydrogen-bond acceptors (Lipinski definition) is 3. The molecule has 136 valence electrons. The largest absolute Gasteiger partial charge is 0.497 e. The Morgan fingerprint density at radius 1 is 1.24 bits per heavy atom. The fraction of sp³-hybridized carbons (Fsp3) is 0.579. The van der Waals surface area contributed by atoms with Gasteiger partial charge in [0.1, 0.15) is 5.75 Å². The van der Waals surface area contributed by atoms with Crippen molar-refractivity contribution in [2.24, 2.45) is 5.41 Å². The Labute approximate surface area is 149 Å². The Kier molecular flexibility index (Phi) is 5.16. The number of methoxy groups -OCH3 is 1. The number of nitrogens with zero attached hydrogens (tertiary/aromatic N) is 2. The predicted molar refractivity (Wildman–Crippen MR) is 95.6 cm³/mol. The van der Waals surface area contributed by atoms with Crippen LogP contribution in [0.25, 0.3) is 0 Å². The maximum Gasteiger partial charge on any atom is 0.317 e. The standard InChI is InChI=1S/C19H27N3O3/c1-21-12-3-9-19(17(21)23)10-13-22(14-19)18(24)20-11-8-15-4-6-16(25-2)7-5-15/h4-7H,3,8-14H2,1-2H3,(H,20,24). The molecular weight excluding hydrogens is 318 g/mol. The molecule has 25 heavy (non-hydrogen) atoms. The van der Waals surface area contributed by atoms with Crippen molar-refractivity contribution in [2.75, 3.05) is 40.3 Å². The fourth-order valence-electron chi connectivity index (χ4n) is 3.91. The maximum absolute atomic E-state index is 12.5. The summed E-state index contributed by atoms with van der Waals surface area (Å²) in [5.74, 6) is 1.03. The average molecular weight is 345 g/mol. The minimum absolute atomic E-state index is 0.0635. The number of nitrogens with one attached hydrogen (secondary N) is 1. The normalized spacial score (nSPS) is 23.2. The van der Waals surface area contributed by atoms with Gasteiger partial charge >= 0.3 is 6.03 Å². The van der Waals surface area contributed by atoms with Crippen LogP contribution in [0, 0.1) is 5.41 Å². The highest BCUT2D eigenvalue weighted by Gasteiger charge is 2.48. The average Bonchev–Trinajstić information content (AvgIpc) is 3.05. The second-order valence-electron chi connectivity index (χ2n) is 7.11. The molecule has 2 saturated heterocycles. The lowest BCUT2D eigenvalue weighted by molar-refractivity contribution is -0.143. The number of ether oxygens (including phenoxy) is 1. The van der Waals surface area contributed by atoms with Crippen molar-refractivity contribution >= 4 is 11.9 Å². The molecule has 1 unspecified atom stereocenters. The van der Waals surface area contributed by atoms with Crippen LogP contribution in [0.15, 0.2) is 24.3 Å². The summed E-state index contributed by atoms with van der Waals surface area (Å²) in [5, 5.41) is 2.98. The topological polar surface area (TPSA) is 61.9 Å². The minimum atomic E-state index is -0.347. The van der Waals surface area contributed by atoms with Crippen molar-refractivity contribution in [2.45, 2.75) is 25.7 Å². The molecule has 3 rings (SSSR count). The summed E-state index contributed by atoms with van der Waals surface area (Å²) >= 11 is 0. The number of likely N-dealkylation sites (tertiary alicyclic amines) is 2. The zero-order valence-corrected chi connectivity index (χ0v) is 15.1. The summed E-state index contributed by atoms with van der Waals surface area (Å²) in [4.78, 5) is 28.6. The highest BCUT2D eigenvalue weighted by molar-refractivity contribution is 5.85. The first-order valence-electron chi connectivity index (χ1n) is 8.95. The highest BCUT2D eigenvalue weighted by Crippen LogP contribution is 2.39. The molecule has 1 atom stereocenters. The van der Waals surface area contributed by atoms with Gasteiger partial charge in [-0.3, -0.25) is 4.79 Å². The van der Waals surface area contributed by atoms with Crippen LogP contribution in [0.2, 0.25) is 0 Å². The number of rotatable bonds is 4. The molecule has 2 heterocycles. The van der Waals surface area contributed by atoms with Gasteiger partial charge in [0.2, 0.25) is 5.91 Å². The summed E-state index contributed by atoms with van der Waals surface area (Å²) in [6.07, 6.45) is 3.47. The summed E-state index contributed by atoms with van der Waals surface area (Å²) in [6.45, 7) is 2.62. The van der Waals surface area contributed by atoms with Gasteiger partial charge in [-0.15, -0.1) is 0 Å². The van der Waals surface area contributed by atoms with E-state index in [2.05, 4.69) is 5.32 Å². The number of hydrogen-bond donors (Lipinski definition) is 1. The monoisotopic (exact) mass is 345 g/mol. The molecule has 6 nitrogen and oxygen atoms in total. The molecule has 2 aliphatic heterocycles. The summed E-state index contributed by atoms with van der Waals surface area (Å²) < 4.78 is 5.14. The van der Waals surface area contributed by atoms with E-state index >= 15 is 0 Å². The van der Waals surface area contributed by atoms with Crippen LogP contribution in [0.5, 0.6) is 5.75 Å². The Balaban J connectivity index is 1.48. The number of carbonyl (C=O) groups excluding carboxylic acids is 2. The zero-order valence-electron chi connectivity index (χ0n) is 15.1. The molecule has 1 aromatic carbocycles. The van der Waals surface area contributed by atoms with Gasteiger partial charge in [0.25, 0.3) is 0 Å². The lowest BCUT2D eigenvalue weighted by Crippen LogP contribution is -2.49. The van der Waals surface area contributed by atoms with E-state index in [0.717, 1.165) is 43.5 Å². The van der Waals surface area contributed by atoms with Crippen molar-refractivity contribution in [3.63, 3.8) is 0 Å². The Hall–Kier alpha value is -2.24. The molecule has 1 aromatic rings. The van der Waals surface area contributed by atoms with E-state index in [0.29, 0.717) is 19.6 Å². The Morgan fingerprint density at radius 2 is 2.00 bits per heavy atom. The van der Waals surface area contributed by atoms with E-state index in [-0.39, 0.29) is 17.4 Å². The van der Waals surface area contributed by atoms with Gasteiger partial charge in [0.15, 0.2) is 0 Å². The van der Waals surface area contributed by atoms with Crippen LogP contribution in [-0.4, -0.2) is 62.1 Å². The molecule has 2 aliphatic rings. The van der Waals surface area contributed by atoms with Gasteiger partial charge in [0.05, 0.1) is 12.5 Å². The first kappa shape index (κ1) is 17.6. The molecule has 6 heteroatoms. The lowest BCUT2D eigenvalue weighted by atomic mass is 9.78. The second kappa shape index (κ2) is 7.33. The summed E-state index contributed by atoms with van der Waals surface area (Å²) in [5.41, 5.74) is 0.809. The molecule has 1 N–H and O–H groups in total. The van der Waals surface area contributed by atoms with Crippen LogP contribution in [-0.2, 0) is 11.2 Å². The fourth-order valence-corrected chi connectivity index (χ4v) is 3.91. The van der Waals surface area contributed by atoms with Crippen LogP contribution in [0.3, 0.4) is 0 Å². The van der Waals surface area contributed by atoms with Gasteiger partial charge in [-0.25, -0.2) is 4.79 Å². The number of urea groups is 1. The maximum atomic E-state index is 12.5.